The molecule has 1 saturated heterocycles. The zero-order chi connectivity index (χ0) is 19.0. The van der Waals surface area contributed by atoms with E-state index in [4.69, 9.17) is 0 Å². The molecule has 1 aliphatic heterocycles. The van der Waals surface area contributed by atoms with Gasteiger partial charge in [-0.25, -0.2) is 9.97 Å². The zero-order valence-electron chi connectivity index (χ0n) is 13.8. The second kappa shape index (κ2) is 6.58. The van der Waals surface area contributed by atoms with Gasteiger partial charge in [0.25, 0.3) is 0 Å². The van der Waals surface area contributed by atoms with Crippen LogP contribution in [0.15, 0.2) is 30.3 Å². The Bertz CT molecular complexity index is 928. The Morgan fingerprint density at radius 3 is 2.48 bits per heavy atom. The van der Waals surface area contributed by atoms with Crippen LogP contribution in [0.1, 0.15) is 12.0 Å². The molecule has 3 aromatic rings. The summed E-state index contributed by atoms with van der Waals surface area (Å²) in [6.45, 7) is 1.02. The van der Waals surface area contributed by atoms with E-state index in [2.05, 4.69) is 30.6 Å². The molecule has 0 amide bonds. The number of hydrogen-bond donors (Lipinski definition) is 2. The molecular formula is C16H14F3N7O. The molecule has 4 rings (SSSR count). The number of tetrazole rings is 1. The second-order valence-electron chi connectivity index (χ2n) is 6.13. The third-order valence-corrected chi connectivity index (χ3v) is 4.25. The van der Waals surface area contributed by atoms with Crippen LogP contribution in [0.25, 0.3) is 22.9 Å². The molecule has 1 aliphatic rings. The van der Waals surface area contributed by atoms with Gasteiger partial charge in [-0.15, -0.1) is 10.2 Å². The highest BCUT2D eigenvalue weighted by Crippen LogP contribution is 2.32. The Morgan fingerprint density at radius 2 is 1.89 bits per heavy atom. The van der Waals surface area contributed by atoms with E-state index < -0.39 is 17.8 Å². The predicted octanol–water partition coefficient (Wildman–Crippen LogP) is 1.91. The number of anilines is 1. The van der Waals surface area contributed by atoms with Crippen LogP contribution in [0.2, 0.25) is 0 Å². The van der Waals surface area contributed by atoms with Crippen molar-refractivity contribution in [2.75, 3.05) is 18.0 Å². The standard InChI is InChI=1S/C16H14F3N7O/c17-16(18,19)10-3-1-9(2-4-10)12-7-13(26-6-5-11(27)8-26)21-14(20-12)15-22-24-25-23-15/h1-4,7,11,27H,5-6,8H2,(H,22,23,24,25)/t11-/m0/s1. The number of nitrogens with zero attached hydrogens (tertiary/aromatic N) is 6. The molecule has 140 valence electrons. The number of aliphatic hydroxyl groups excluding tert-OH is 1. The predicted molar refractivity (Wildman–Crippen MR) is 88.5 cm³/mol. The van der Waals surface area contributed by atoms with E-state index in [0.29, 0.717) is 36.6 Å². The summed E-state index contributed by atoms with van der Waals surface area (Å²) in [6.07, 6.45) is -4.25. The normalized spacial score (nSPS) is 17.5. The minimum Gasteiger partial charge on any atom is -0.391 e. The van der Waals surface area contributed by atoms with E-state index >= 15 is 0 Å². The first-order valence-electron chi connectivity index (χ1n) is 8.14. The highest BCUT2D eigenvalue weighted by atomic mass is 19.4. The van der Waals surface area contributed by atoms with E-state index in [1.807, 2.05) is 4.90 Å². The van der Waals surface area contributed by atoms with Gasteiger partial charge in [0, 0.05) is 24.7 Å². The summed E-state index contributed by atoms with van der Waals surface area (Å²) < 4.78 is 38.4. The third kappa shape index (κ3) is 3.58. The summed E-state index contributed by atoms with van der Waals surface area (Å²) in [5.41, 5.74) is 0.188. The number of aromatic amines is 1. The maximum absolute atomic E-state index is 12.8. The molecule has 2 aromatic heterocycles. The molecule has 0 radical (unpaired) electrons. The lowest BCUT2D eigenvalue weighted by molar-refractivity contribution is -0.137. The molecule has 27 heavy (non-hydrogen) atoms. The van der Waals surface area contributed by atoms with Gasteiger partial charge in [0.1, 0.15) is 5.82 Å². The number of alkyl halides is 3. The summed E-state index contributed by atoms with van der Waals surface area (Å²) in [4.78, 5) is 10.7. The molecule has 0 unspecified atom stereocenters. The third-order valence-electron chi connectivity index (χ3n) is 4.25. The fourth-order valence-corrected chi connectivity index (χ4v) is 2.88. The van der Waals surface area contributed by atoms with Crippen LogP contribution >= 0.6 is 0 Å². The molecule has 0 aliphatic carbocycles. The number of aliphatic hydroxyl groups is 1. The summed E-state index contributed by atoms with van der Waals surface area (Å²) in [6, 6.07) is 6.39. The number of nitrogens with one attached hydrogen (secondary N) is 1. The van der Waals surface area contributed by atoms with Crippen molar-refractivity contribution < 1.29 is 18.3 Å². The van der Waals surface area contributed by atoms with Gasteiger partial charge in [-0.3, -0.25) is 0 Å². The van der Waals surface area contributed by atoms with E-state index in [1.165, 1.54) is 12.1 Å². The van der Waals surface area contributed by atoms with E-state index in [0.717, 1.165) is 12.1 Å². The Morgan fingerprint density at radius 1 is 1.11 bits per heavy atom. The van der Waals surface area contributed by atoms with Crippen LogP contribution in [0.4, 0.5) is 19.0 Å². The number of β-amino-alcohol motifs (C(OH)–C–C–N with tert-alkyl or cyclic N) is 1. The van der Waals surface area contributed by atoms with Gasteiger partial charge in [-0.2, -0.15) is 18.4 Å². The Hall–Kier alpha value is -3.08. The number of rotatable bonds is 3. The van der Waals surface area contributed by atoms with Gasteiger partial charge in [-0.1, -0.05) is 12.1 Å². The Balaban J connectivity index is 1.76. The van der Waals surface area contributed by atoms with Crippen molar-refractivity contribution in [1.29, 1.82) is 0 Å². The molecule has 11 heteroatoms. The van der Waals surface area contributed by atoms with Crippen LogP contribution < -0.4 is 4.90 Å². The minimum absolute atomic E-state index is 0.171. The van der Waals surface area contributed by atoms with Gasteiger partial charge in [0.2, 0.25) is 11.6 Å². The Labute approximate surface area is 151 Å². The molecule has 3 heterocycles. The second-order valence-corrected chi connectivity index (χ2v) is 6.13. The average Bonchev–Trinajstić information content (AvgIpc) is 3.32. The highest BCUT2D eigenvalue weighted by Gasteiger charge is 2.30. The monoisotopic (exact) mass is 377 g/mol. The summed E-state index contributed by atoms with van der Waals surface area (Å²) in [7, 11) is 0. The van der Waals surface area contributed by atoms with Crippen molar-refractivity contribution in [2.45, 2.75) is 18.7 Å². The maximum Gasteiger partial charge on any atom is 0.416 e. The van der Waals surface area contributed by atoms with Crippen LogP contribution in [-0.4, -0.2) is 54.9 Å². The topological polar surface area (TPSA) is 104 Å². The molecule has 1 fully saturated rings. The summed E-state index contributed by atoms with van der Waals surface area (Å²) in [5, 5.41) is 23.3. The van der Waals surface area contributed by atoms with Gasteiger partial charge >= 0.3 is 6.18 Å². The van der Waals surface area contributed by atoms with Crippen molar-refractivity contribution in [3.8, 4) is 22.9 Å². The smallest absolute Gasteiger partial charge is 0.391 e. The molecular weight excluding hydrogens is 363 g/mol. The lowest BCUT2D eigenvalue weighted by Crippen LogP contribution is -2.22. The lowest BCUT2D eigenvalue weighted by Gasteiger charge is -2.18. The molecule has 0 bridgehead atoms. The highest BCUT2D eigenvalue weighted by molar-refractivity contribution is 5.66. The number of benzene rings is 1. The van der Waals surface area contributed by atoms with E-state index in [9.17, 15) is 18.3 Å². The first-order valence-corrected chi connectivity index (χ1v) is 8.14. The SMILES string of the molecule is O[C@H]1CCN(c2cc(-c3ccc(C(F)(F)F)cc3)nc(-c3nn[nH]n3)n2)C1. The maximum atomic E-state index is 12.8. The van der Waals surface area contributed by atoms with Crippen LogP contribution in [-0.2, 0) is 6.18 Å². The van der Waals surface area contributed by atoms with Crippen molar-refractivity contribution >= 4 is 5.82 Å². The van der Waals surface area contributed by atoms with Crippen molar-refractivity contribution in [1.82, 2.24) is 30.6 Å². The van der Waals surface area contributed by atoms with Crippen LogP contribution in [0, 0.1) is 0 Å². The van der Waals surface area contributed by atoms with Crippen molar-refractivity contribution in [2.24, 2.45) is 0 Å². The van der Waals surface area contributed by atoms with E-state index in [1.54, 1.807) is 6.07 Å². The van der Waals surface area contributed by atoms with Crippen LogP contribution in [0.5, 0.6) is 0 Å². The minimum atomic E-state index is -4.41. The quantitative estimate of drug-likeness (QED) is 0.719. The largest absolute Gasteiger partial charge is 0.416 e. The van der Waals surface area contributed by atoms with Gasteiger partial charge in [0.15, 0.2) is 0 Å². The summed E-state index contributed by atoms with van der Waals surface area (Å²) >= 11 is 0. The van der Waals surface area contributed by atoms with Crippen molar-refractivity contribution in [3.05, 3.63) is 35.9 Å². The molecule has 8 nitrogen and oxygen atoms in total. The zero-order valence-corrected chi connectivity index (χ0v) is 13.8. The summed E-state index contributed by atoms with van der Waals surface area (Å²) in [5.74, 6) is 0.901. The van der Waals surface area contributed by atoms with Crippen LogP contribution in [0.3, 0.4) is 0 Å². The Kier molecular flexibility index (Phi) is 4.22. The lowest BCUT2D eigenvalue weighted by atomic mass is 10.1. The number of aromatic nitrogens is 6. The fraction of sp³-hybridized carbons (Fsp3) is 0.312. The molecule has 2 N–H and O–H groups in total. The fourth-order valence-electron chi connectivity index (χ4n) is 2.88. The van der Waals surface area contributed by atoms with Gasteiger partial charge in [-0.05, 0) is 23.8 Å². The molecule has 0 saturated carbocycles. The van der Waals surface area contributed by atoms with Gasteiger partial charge in [0.05, 0.1) is 17.4 Å². The number of hydrogen-bond acceptors (Lipinski definition) is 7. The first-order chi connectivity index (χ1) is 12.9. The first kappa shape index (κ1) is 17.3. The van der Waals surface area contributed by atoms with Crippen molar-refractivity contribution in [3.63, 3.8) is 0 Å². The molecule has 0 spiro atoms. The van der Waals surface area contributed by atoms with E-state index in [-0.39, 0.29) is 11.6 Å². The van der Waals surface area contributed by atoms with Gasteiger partial charge < -0.3 is 10.0 Å². The number of halogens is 3. The average molecular weight is 377 g/mol. The molecule has 1 aromatic carbocycles. The number of H-pyrrole nitrogens is 1. The molecule has 1 atom stereocenters.